The second-order valence-electron chi connectivity index (χ2n) is 6.27. The Kier molecular flexibility index (Phi) is 3.22. The van der Waals surface area contributed by atoms with Crippen molar-refractivity contribution in [3.05, 3.63) is 65.7 Å². The number of hydrazone groups is 1. The fourth-order valence-electron chi connectivity index (χ4n) is 3.35. The first-order chi connectivity index (χ1) is 12.0. The van der Waals surface area contributed by atoms with E-state index >= 15 is 0 Å². The molecule has 1 atom stereocenters. The SMILES string of the molecule is CC1=CC2(Nc3ccc(C#N)cc31)C(=O)N(c1ccccc1)N=C2C. The van der Waals surface area contributed by atoms with E-state index in [4.69, 9.17) is 5.26 Å². The Morgan fingerprint density at radius 3 is 2.64 bits per heavy atom. The summed E-state index contributed by atoms with van der Waals surface area (Å²) in [6.07, 6.45) is 1.90. The van der Waals surface area contributed by atoms with E-state index in [0.29, 0.717) is 11.3 Å². The summed E-state index contributed by atoms with van der Waals surface area (Å²) in [6.45, 7) is 3.81. The molecule has 0 saturated heterocycles. The lowest BCUT2D eigenvalue weighted by molar-refractivity contribution is -0.119. The molecule has 25 heavy (non-hydrogen) atoms. The number of fused-ring (bicyclic) bond motifs is 1. The second-order valence-corrected chi connectivity index (χ2v) is 6.27. The van der Waals surface area contributed by atoms with Crippen LogP contribution in [0, 0.1) is 11.3 Å². The summed E-state index contributed by atoms with van der Waals surface area (Å²) in [6, 6.07) is 17.0. The summed E-state index contributed by atoms with van der Waals surface area (Å²) in [5.74, 6) is -0.134. The number of carbonyl (C=O) groups excluding carboxylic acids is 1. The molecule has 2 aliphatic heterocycles. The van der Waals surface area contributed by atoms with E-state index in [1.807, 2.05) is 62.4 Å². The number of nitriles is 1. The van der Waals surface area contributed by atoms with Gasteiger partial charge < -0.3 is 5.32 Å². The van der Waals surface area contributed by atoms with E-state index < -0.39 is 5.54 Å². The molecule has 0 aromatic heterocycles. The van der Waals surface area contributed by atoms with E-state index in [0.717, 1.165) is 22.5 Å². The van der Waals surface area contributed by atoms with Gasteiger partial charge in [-0.2, -0.15) is 15.4 Å². The Morgan fingerprint density at radius 2 is 1.92 bits per heavy atom. The lowest BCUT2D eigenvalue weighted by atomic mass is 9.84. The van der Waals surface area contributed by atoms with Gasteiger partial charge in [-0.3, -0.25) is 4.79 Å². The van der Waals surface area contributed by atoms with Crippen molar-refractivity contribution in [3.63, 3.8) is 0 Å². The van der Waals surface area contributed by atoms with Gasteiger partial charge in [0.1, 0.15) is 0 Å². The van der Waals surface area contributed by atoms with Crippen molar-refractivity contribution in [3.8, 4) is 6.07 Å². The molecule has 1 N–H and O–H groups in total. The summed E-state index contributed by atoms with van der Waals surface area (Å²) in [7, 11) is 0. The molecule has 4 rings (SSSR count). The Balaban J connectivity index is 1.80. The molecule has 2 heterocycles. The molecule has 2 aliphatic rings. The normalized spacial score (nSPS) is 21.3. The van der Waals surface area contributed by atoms with Crippen LogP contribution < -0.4 is 10.3 Å². The number of nitrogens with one attached hydrogen (secondary N) is 1. The van der Waals surface area contributed by atoms with Gasteiger partial charge in [-0.15, -0.1) is 0 Å². The Morgan fingerprint density at radius 1 is 1.16 bits per heavy atom. The molecule has 2 aromatic rings. The molecule has 122 valence electrons. The summed E-state index contributed by atoms with van der Waals surface area (Å²) in [5.41, 5.74) is 3.75. The van der Waals surface area contributed by atoms with Crippen molar-refractivity contribution >= 4 is 28.6 Å². The van der Waals surface area contributed by atoms with Crippen molar-refractivity contribution in [2.75, 3.05) is 10.3 Å². The van der Waals surface area contributed by atoms with Crippen LogP contribution in [-0.2, 0) is 4.79 Å². The number of carbonyl (C=O) groups is 1. The average molecular weight is 328 g/mol. The lowest BCUT2D eigenvalue weighted by Crippen LogP contribution is -2.52. The number of hydrogen-bond donors (Lipinski definition) is 1. The molecule has 1 unspecified atom stereocenters. The van der Waals surface area contributed by atoms with Crippen LogP contribution in [0.4, 0.5) is 11.4 Å². The smallest absolute Gasteiger partial charge is 0.283 e. The number of benzene rings is 2. The van der Waals surface area contributed by atoms with Gasteiger partial charge in [0.25, 0.3) is 5.91 Å². The van der Waals surface area contributed by atoms with Crippen LogP contribution in [0.2, 0.25) is 0 Å². The van der Waals surface area contributed by atoms with Crippen LogP contribution in [-0.4, -0.2) is 17.2 Å². The van der Waals surface area contributed by atoms with Crippen molar-refractivity contribution in [1.82, 2.24) is 0 Å². The molecule has 0 bridgehead atoms. The number of hydrogen-bond acceptors (Lipinski definition) is 4. The molecule has 0 saturated carbocycles. The molecule has 5 nitrogen and oxygen atoms in total. The number of amides is 1. The predicted molar refractivity (Wildman–Crippen MR) is 98.2 cm³/mol. The van der Waals surface area contributed by atoms with Crippen molar-refractivity contribution in [2.45, 2.75) is 19.4 Å². The van der Waals surface area contributed by atoms with Crippen LogP contribution in [0.5, 0.6) is 0 Å². The van der Waals surface area contributed by atoms with Gasteiger partial charge in [0, 0.05) is 11.3 Å². The van der Waals surface area contributed by atoms with Crippen molar-refractivity contribution < 1.29 is 4.79 Å². The number of allylic oxidation sites excluding steroid dienone is 1. The van der Waals surface area contributed by atoms with Crippen molar-refractivity contribution in [2.24, 2.45) is 5.10 Å². The minimum Gasteiger partial charge on any atom is -0.363 e. The van der Waals surface area contributed by atoms with Gasteiger partial charge in [-0.05, 0) is 55.8 Å². The van der Waals surface area contributed by atoms with Crippen molar-refractivity contribution in [1.29, 1.82) is 5.26 Å². The van der Waals surface area contributed by atoms with E-state index in [9.17, 15) is 4.79 Å². The molecule has 1 spiro atoms. The lowest BCUT2D eigenvalue weighted by Gasteiger charge is -2.33. The van der Waals surface area contributed by atoms with Gasteiger partial charge in [-0.1, -0.05) is 18.2 Å². The molecule has 0 fully saturated rings. The minimum atomic E-state index is -0.985. The zero-order valence-corrected chi connectivity index (χ0v) is 13.9. The maximum absolute atomic E-state index is 13.2. The second kappa shape index (κ2) is 5.32. The molecule has 5 heteroatoms. The highest BCUT2D eigenvalue weighted by Gasteiger charge is 2.50. The Bertz CT molecular complexity index is 985. The van der Waals surface area contributed by atoms with Gasteiger partial charge >= 0.3 is 0 Å². The van der Waals surface area contributed by atoms with Gasteiger partial charge in [-0.25, -0.2) is 0 Å². The molecular weight excluding hydrogens is 312 g/mol. The van der Waals surface area contributed by atoms with Crippen LogP contribution in [0.15, 0.2) is 59.7 Å². The standard InChI is InChI=1S/C20H16N4O/c1-13-11-20(22-18-9-8-15(12-21)10-17(13)18)14(2)23-24(19(20)25)16-6-4-3-5-7-16/h3-11,22H,1-2H3. The third-order valence-corrected chi connectivity index (χ3v) is 4.69. The zero-order chi connectivity index (χ0) is 17.6. The fourth-order valence-corrected chi connectivity index (χ4v) is 3.35. The summed E-state index contributed by atoms with van der Waals surface area (Å²) < 4.78 is 0. The first-order valence-electron chi connectivity index (χ1n) is 8.02. The number of anilines is 2. The first kappa shape index (κ1) is 15.2. The maximum Gasteiger partial charge on any atom is 0.283 e. The first-order valence-corrected chi connectivity index (χ1v) is 8.02. The van der Waals surface area contributed by atoms with E-state index in [-0.39, 0.29) is 5.91 Å². The van der Waals surface area contributed by atoms with Crippen LogP contribution in [0.3, 0.4) is 0 Å². The average Bonchev–Trinajstić information content (AvgIpc) is 2.87. The summed E-state index contributed by atoms with van der Waals surface area (Å²) in [4.78, 5) is 13.2. The van der Waals surface area contributed by atoms with Gasteiger partial charge in [0.2, 0.25) is 0 Å². The maximum atomic E-state index is 13.2. The summed E-state index contributed by atoms with van der Waals surface area (Å²) in [5, 5.41) is 18.4. The topological polar surface area (TPSA) is 68.5 Å². The van der Waals surface area contributed by atoms with Gasteiger partial charge in [0.05, 0.1) is 23.0 Å². The minimum absolute atomic E-state index is 0.134. The highest BCUT2D eigenvalue weighted by atomic mass is 16.2. The molecule has 0 aliphatic carbocycles. The number of para-hydroxylation sites is 1. The number of nitrogens with zero attached hydrogens (tertiary/aromatic N) is 3. The third-order valence-electron chi connectivity index (χ3n) is 4.69. The Labute approximate surface area is 145 Å². The largest absolute Gasteiger partial charge is 0.363 e. The van der Waals surface area contributed by atoms with Crippen LogP contribution in [0.25, 0.3) is 5.57 Å². The number of rotatable bonds is 1. The highest BCUT2D eigenvalue weighted by molar-refractivity contribution is 6.27. The van der Waals surface area contributed by atoms with Crippen LogP contribution >= 0.6 is 0 Å². The quantitative estimate of drug-likeness (QED) is 0.870. The molecule has 1 amide bonds. The Hall–Kier alpha value is -3.39. The van der Waals surface area contributed by atoms with Crippen LogP contribution in [0.1, 0.15) is 25.0 Å². The van der Waals surface area contributed by atoms with E-state index in [1.165, 1.54) is 5.01 Å². The van der Waals surface area contributed by atoms with E-state index in [2.05, 4.69) is 16.5 Å². The monoisotopic (exact) mass is 328 g/mol. The third kappa shape index (κ3) is 2.15. The predicted octanol–water partition coefficient (Wildman–Crippen LogP) is 3.55. The zero-order valence-electron chi connectivity index (χ0n) is 13.9. The molecule has 0 radical (unpaired) electrons. The summed E-state index contributed by atoms with van der Waals surface area (Å²) >= 11 is 0. The molecule has 2 aromatic carbocycles. The van der Waals surface area contributed by atoms with E-state index in [1.54, 1.807) is 6.07 Å². The highest BCUT2D eigenvalue weighted by Crippen LogP contribution is 2.39. The van der Waals surface area contributed by atoms with Gasteiger partial charge in [0.15, 0.2) is 5.54 Å². The molecular formula is C20H16N4O. The fraction of sp³-hybridized carbons (Fsp3) is 0.150.